The van der Waals surface area contributed by atoms with Crippen molar-refractivity contribution in [1.29, 1.82) is 0 Å². The van der Waals surface area contributed by atoms with E-state index in [0.717, 1.165) is 11.3 Å². The number of nitrogens with one attached hydrogen (secondary N) is 1. The van der Waals surface area contributed by atoms with Crippen molar-refractivity contribution in [2.75, 3.05) is 0 Å². The van der Waals surface area contributed by atoms with Crippen LogP contribution in [0.2, 0.25) is 0 Å². The molecule has 1 heterocycles. The molecule has 0 saturated carbocycles. The number of hydrogen-bond acceptors (Lipinski definition) is 2. The summed E-state index contributed by atoms with van der Waals surface area (Å²) in [5.74, 6) is 0.503. The quantitative estimate of drug-likeness (QED) is 0.868. The van der Waals surface area contributed by atoms with Gasteiger partial charge >= 0.3 is 0 Å². The maximum atomic E-state index is 11.8. The van der Waals surface area contributed by atoms with Gasteiger partial charge in [0.05, 0.1) is 11.3 Å². The number of H-pyrrole nitrogens is 1. The van der Waals surface area contributed by atoms with E-state index in [-0.39, 0.29) is 12.1 Å². The molecule has 0 aliphatic carbocycles. The lowest BCUT2D eigenvalue weighted by Gasteiger charge is -2.06. The molecule has 2 rings (SSSR count). The number of aromatic amines is 1. The average Bonchev–Trinajstić information content (AvgIpc) is 2.65. The van der Waals surface area contributed by atoms with Crippen LogP contribution in [0, 0.1) is 0 Å². The lowest BCUT2D eigenvalue weighted by atomic mass is 10.00. The maximum absolute atomic E-state index is 11.8. The number of nitrogens with zero attached hydrogens (tertiary/aromatic N) is 1. The van der Waals surface area contributed by atoms with E-state index in [0.29, 0.717) is 11.5 Å². The first-order valence-corrected chi connectivity index (χ1v) is 6.13. The highest BCUT2D eigenvalue weighted by Gasteiger charge is 2.12. The Hall–Kier alpha value is -1.81. The molecule has 0 aliphatic rings. The van der Waals surface area contributed by atoms with Crippen LogP contribution in [-0.4, -0.2) is 9.78 Å². The van der Waals surface area contributed by atoms with Crippen LogP contribution in [0.5, 0.6) is 0 Å². The first-order valence-electron chi connectivity index (χ1n) is 6.13. The molecule has 0 fully saturated rings. The zero-order valence-electron chi connectivity index (χ0n) is 11.0. The molecule has 3 N–H and O–H groups in total. The van der Waals surface area contributed by atoms with Gasteiger partial charge in [0.1, 0.15) is 0 Å². The zero-order valence-corrected chi connectivity index (χ0v) is 11.0. The second-order valence-corrected chi connectivity index (χ2v) is 4.81. The Kier molecular flexibility index (Phi) is 3.39. The molecule has 0 amide bonds. The van der Waals surface area contributed by atoms with Gasteiger partial charge in [-0.2, -0.15) is 0 Å². The van der Waals surface area contributed by atoms with Gasteiger partial charge in [0, 0.05) is 13.6 Å². The summed E-state index contributed by atoms with van der Waals surface area (Å²) >= 11 is 0. The molecule has 0 unspecified atom stereocenters. The molecule has 18 heavy (non-hydrogen) atoms. The van der Waals surface area contributed by atoms with E-state index in [1.165, 1.54) is 10.2 Å². The summed E-state index contributed by atoms with van der Waals surface area (Å²) in [4.78, 5) is 11.8. The molecular weight excluding hydrogens is 226 g/mol. The number of rotatable bonds is 3. The molecule has 96 valence electrons. The third kappa shape index (κ3) is 2.11. The Morgan fingerprint density at radius 3 is 2.39 bits per heavy atom. The topological polar surface area (TPSA) is 63.8 Å². The Balaban J connectivity index is 2.49. The van der Waals surface area contributed by atoms with Crippen molar-refractivity contribution < 1.29 is 0 Å². The molecule has 0 aliphatic heterocycles. The Morgan fingerprint density at radius 1 is 1.28 bits per heavy atom. The summed E-state index contributed by atoms with van der Waals surface area (Å²) < 4.78 is 1.47. The molecule has 4 heteroatoms. The van der Waals surface area contributed by atoms with Crippen LogP contribution >= 0.6 is 0 Å². The summed E-state index contributed by atoms with van der Waals surface area (Å²) in [6, 6.07) is 8.23. The molecule has 1 aromatic carbocycles. The molecule has 2 aromatic rings. The van der Waals surface area contributed by atoms with E-state index >= 15 is 0 Å². The fourth-order valence-electron chi connectivity index (χ4n) is 2.06. The molecule has 0 atom stereocenters. The van der Waals surface area contributed by atoms with Gasteiger partial charge in [-0.3, -0.25) is 14.6 Å². The van der Waals surface area contributed by atoms with Crippen LogP contribution in [0.15, 0.2) is 29.1 Å². The third-order valence-electron chi connectivity index (χ3n) is 3.21. The van der Waals surface area contributed by atoms with Crippen molar-refractivity contribution in [2.24, 2.45) is 12.8 Å². The molecule has 4 nitrogen and oxygen atoms in total. The fraction of sp³-hybridized carbons (Fsp3) is 0.357. The minimum atomic E-state index is -0.0552. The number of benzene rings is 1. The summed E-state index contributed by atoms with van der Waals surface area (Å²) in [7, 11) is 1.70. The SMILES string of the molecule is CC(C)c1ccc(-c2[nH]n(C)c(=O)c2CN)cc1. The van der Waals surface area contributed by atoms with Crippen molar-refractivity contribution in [3.05, 3.63) is 45.7 Å². The van der Waals surface area contributed by atoms with Crippen molar-refractivity contribution >= 4 is 0 Å². The Morgan fingerprint density at radius 2 is 1.89 bits per heavy atom. The number of nitrogens with two attached hydrogens (primary N) is 1. The second kappa shape index (κ2) is 4.82. The standard InChI is InChI=1S/C14H19N3O/c1-9(2)10-4-6-11(7-5-10)13-12(8-15)14(18)17(3)16-13/h4-7,9,16H,8,15H2,1-3H3. The van der Waals surface area contributed by atoms with Crippen LogP contribution in [0.4, 0.5) is 0 Å². The minimum Gasteiger partial charge on any atom is -0.326 e. The molecule has 0 saturated heterocycles. The molecular formula is C14H19N3O. The lowest BCUT2D eigenvalue weighted by Crippen LogP contribution is -2.17. The van der Waals surface area contributed by atoms with Gasteiger partial charge in [-0.15, -0.1) is 0 Å². The largest absolute Gasteiger partial charge is 0.326 e. The van der Waals surface area contributed by atoms with Gasteiger partial charge in [-0.05, 0) is 17.0 Å². The van der Waals surface area contributed by atoms with Crippen LogP contribution in [-0.2, 0) is 13.6 Å². The van der Waals surface area contributed by atoms with Crippen LogP contribution in [0.3, 0.4) is 0 Å². The first-order chi connectivity index (χ1) is 8.54. The summed E-state index contributed by atoms with van der Waals surface area (Å²) in [5.41, 5.74) is 9.33. The van der Waals surface area contributed by atoms with E-state index in [1.54, 1.807) is 7.05 Å². The van der Waals surface area contributed by atoms with E-state index in [2.05, 4.69) is 31.1 Å². The highest BCUT2D eigenvalue weighted by molar-refractivity contribution is 5.63. The lowest BCUT2D eigenvalue weighted by molar-refractivity contribution is 0.739. The van der Waals surface area contributed by atoms with Crippen molar-refractivity contribution in [3.63, 3.8) is 0 Å². The van der Waals surface area contributed by atoms with Gasteiger partial charge in [0.15, 0.2) is 0 Å². The summed E-state index contributed by atoms with van der Waals surface area (Å²) in [6.07, 6.45) is 0. The minimum absolute atomic E-state index is 0.0552. The van der Waals surface area contributed by atoms with E-state index in [1.807, 2.05) is 12.1 Å². The first kappa shape index (κ1) is 12.6. The Bertz CT molecular complexity index is 590. The number of aryl methyl sites for hydroxylation is 1. The highest BCUT2D eigenvalue weighted by atomic mass is 16.1. The molecule has 1 aromatic heterocycles. The monoisotopic (exact) mass is 245 g/mol. The third-order valence-corrected chi connectivity index (χ3v) is 3.21. The fourth-order valence-corrected chi connectivity index (χ4v) is 2.06. The Labute approximate surface area is 106 Å². The molecule has 0 spiro atoms. The molecule has 0 radical (unpaired) electrons. The van der Waals surface area contributed by atoms with Crippen molar-refractivity contribution in [1.82, 2.24) is 9.78 Å². The van der Waals surface area contributed by atoms with Crippen LogP contribution in [0.25, 0.3) is 11.3 Å². The van der Waals surface area contributed by atoms with Gasteiger partial charge in [0.25, 0.3) is 5.56 Å². The van der Waals surface area contributed by atoms with E-state index in [9.17, 15) is 4.79 Å². The predicted molar refractivity (Wildman–Crippen MR) is 73.5 cm³/mol. The van der Waals surface area contributed by atoms with Crippen molar-refractivity contribution in [2.45, 2.75) is 26.3 Å². The summed E-state index contributed by atoms with van der Waals surface area (Å²) in [5, 5.41) is 3.05. The highest BCUT2D eigenvalue weighted by Crippen LogP contribution is 2.22. The average molecular weight is 245 g/mol. The number of aromatic nitrogens is 2. The zero-order chi connectivity index (χ0) is 13.3. The van der Waals surface area contributed by atoms with Gasteiger partial charge in [-0.25, -0.2) is 0 Å². The van der Waals surface area contributed by atoms with E-state index in [4.69, 9.17) is 5.73 Å². The van der Waals surface area contributed by atoms with E-state index < -0.39 is 0 Å². The van der Waals surface area contributed by atoms with Crippen LogP contribution < -0.4 is 11.3 Å². The number of hydrogen-bond donors (Lipinski definition) is 2. The van der Waals surface area contributed by atoms with Gasteiger partial charge in [0.2, 0.25) is 0 Å². The second-order valence-electron chi connectivity index (χ2n) is 4.81. The normalized spacial score (nSPS) is 11.2. The smallest absolute Gasteiger partial charge is 0.271 e. The maximum Gasteiger partial charge on any atom is 0.271 e. The molecule has 0 bridgehead atoms. The summed E-state index contributed by atoms with van der Waals surface area (Å²) in [6.45, 7) is 4.56. The van der Waals surface area contributed by atoms with Crippen LogP contribution in [0.1, 0.15) is 30.9 Å². The predicted octanol–water partition coefficient (Wildman–Crippen LogP) is 1.96. The van der Waals surface area contributed by atoms with Gasteiger partial charge in [-0.1, -0.05) is 38.1 Å². The van der Waals surface area contributed by atoms with Crippen molar-refractivity contribution in [3.8, 4) is 11.3 Å². The van der Waals surface area contributed by atoms with Gasteiger partial charge < -0.3 is 5.73 Å².